The van der Waals surface area contributed by atoms with Crippen molar-refractivity contribution in [3.05, 3.63) is 23.8 Å². The third-order valence-electron chi connectivity index (χ3n) is 2.58. The predicted molar refractivity (Wildman–Crippen MR) is 69.8 cm³/mol. The van der Waals surface area contributed by atoms with E-state index in [2.05, 4.69) is 4.74 Å². The molecular formula is C12H14N2O5S. The van der Waals surface area contributed by atoms with Crippen LogP contribution in [0.25, 0.3) is 0 Å². The number of benzene rings is 1. The third kappa shape index (κ3) is 3.07. The Bertz CT molecular complexity index is 648. The Morgan fingerprint density at radius 3 is 2.55 bits per heavy atom. The second kappa shape index (κ2) is 6.36. The molecule has 0 unspecified atom stereocenters. The average Bonchev–Trinajstić information content (AvgIpc) is 2.45. The van der Waals surface area contributed by atoms with Gasteiger partial charge in [0, 0.05) is 13.1 Å². The number of rotatable bonds is 5. The third-order valence-corrected chi connectivity index (χ3v) is 4.38. The molecular weight excluding hydrogens is 284 g/mol. The zero-order valence-corrected chi connectivity index (χ0v) is 12.1. The number of hydrogen-bond donors (Lipinski definition) is 0. The van der Waals surface area contributed by atoms with E-state index in [4.69, 9.17) is 10.00 Å². The van der Waals surface area contributed by atoms with Gasteiger partial charge in [-0.3, -0.25) is 0 Å². The summed E-state index contributed by atoms with van der Waals surface area (Å²) in [6.07, 6.45) is 0. The Morgan fingerprint density at radius 1 is 1.40 bits per heavy atom. The van der Waals surface area contributed by atoms with Crippen LogP contribution < -0.4 is 4.74 Å². The zero-order chi connectivity index (χ0) is 15.3. The summed E-state index contributed by atoms with van der Waals surface area (Å²) in [7, 11) is 0.0188. The van der Waals surface area contributed by atoms with Crippen LogP contribution >= 0.6 is 0 Å². The van der Waals surface area contributed by atoms with Gasteiger partial charge in [-0.05, 0) is 12.1 Å². The molecule has 0 heterocycles. The van der Waals surface area contributed by atoms with E-state index in [9.17, 15) is 13.2 Å². The lowest BCUT2D eigenvalue weighted by Gasteiger charge is -2.15. The van der Waals surface area contributed by atoms with Crippen LogP contribution in [-0.2, 0) is 14.8 Å². The molecule has 20 heavy (non-hydrogen) atoms. The summed E-state index contributed by atoms with van der Waals surface area (Å²) in [4.78, 5) is 11.4. The number of nitriles is 1. The van der Waals surface area contributed by atoms with Crippen LogP contribution in [0.2, 0.25) is 0 Å². The summed E-state index contributed by atoms with van der Waals surface area (Å²) < 4.78 is 34.8. The summed E-state index contributed by atoms with van der Waals surface area (Å²) in [5, 5.41) is 8.55. The van der Waals surface area contributed by atoms with Crippen molar-refractivity contribution in [2.75, 3.05) is 27.8 Å². The minimum atomic E-state index is -3.80. The lowest BCUT2D eigenvalue weighted by atomic mass is 10.2. The normalized spacial score (nSPS) is 10.9. The van der Waals surface area contributed by atoms with E-state index in [1.807, 2.05) is 0 Å². The smallest absolute Gasteiger partial charge is 0.341 e. The van der Waals surface area contributed by atoms with Crippen LogP contribution in [0.15, 0.2) is 23.1 Å². The van der Waals surface area contributed by atoms with Gasteiger partial charge in [0.1, 0.15) is 17.9 Å². The molecule has 0 fully saturated rings. The molecule has 0 N–H and O–H groups in total. The molecule has 0 aliphatic heterocycles. The highest BCUT2D eigenvalue weighted by molar-refractivity contribution is 7.89. The Labute approximate surface area is 117 Å². The maximum atomic E-state index is 12.1. The molecule has 1 aromatic rings. The highest BCUT2D eigenvalue weighted by Crippen LogP contribution is 2.25. The van der Waals surface area contributed by atoms with Crippen LogP contribution in [-0.4, -0.2) is 46.5 Å². The van der Waals surface area contributed by atoms with E-state index in [0.29, 0.717) is 0 Å². The van der Waals surface area contributed by atoms with Gasteiger partial charge in [0.05, 0.1) is 25.2 Å². The quantitative estimate of drug-likeness (QED) is 0.584. The first-order valence-corrected chi connectivity index (χ1v) is 6.92. The van der Waals surface area contributed by atoms with Gasteiger partial charge in [-0.2, -0.15) is 9.57 Å². The van der Waals surface area contributed by atoms with E-state index in [1.165, 1.54) is 39.5 Å². The van der Waals surface area contributed by atoms with E-state index >= 15 is 0 Å². The van der Waals surface area contributed by atoms with Crippen molar-refractivity contribution < 1.29 is 22.7 Å². The van der Waals surface area contributed by atoms with Gasteiger partial charge in [-0.15, -0.1) is 0 Å². The summed E-state index contributed by atoms with van der Waals surface area (Å²) in [6, 6.07) is 5.54. The van der Waals surface area contributed by atoms with Crippen molar-refractivity contribution in [3.8, 4) is 11.8 Å². The maximum absolute atomic E-state index is 12.1. The number of sulfonamides is 1. The molecule has 0 saturated heterocycles. The molecule has 0 atom stereocenters. The second-order valence-electron chi connectivity index (χ2n) is 3.77. The fourth-order valence-electron chi connectivity index (χ4n) is 1.48. The van der Waals surface area contributed by atoms with Crippen molar-refractivity contribution in [2.45, 2.75) is 4.90 Å². The minimum absolute atomic E-state index is 0.0697. The standard InChI is InChI=1S/C12H14N2O5S/c1-14(7-6-13)20(16,17)9-4-5-10(12(15)19-3)11(8-9)18-2/h4-5,8H,7H2,1-3H3. The average molecular weight is 298 g/mol. The Morgan fingerprint density at radius 2 is 2.05 bits per heavy atom. The molecule has 1 rings (SSSR count). The molecule has 0 saturated carbocycles. The highest BCUT2D eigenvalue weighted by Gasteiger charge is 2.23. The van der Waals surface area contributed by atoms with Gasteiger partial charge in [-0.25, -0.2) is 13.2 Å². The molecule has 0 aromatic heterocycles. The highest BCUT2D eigenvalue weighted by atomic mass is 32.2. The second-order valence-corrected chi connectivity index (χ2v) is 5.82. The largest absolute Gasteiger partial charge is 0.496 e. The van der Waals surface area contributed by atoms with Crippen LogP contribution in [0.4, 0.5) is 0 Å². The Hall–Kier alpha value is -2.11. The van der Waals surface area contributed by atoms with E-state index in [1.54, 1.807) is 6.07 Å². The number of carbonyl (C=O) groups excluding carboxylic acids is 1. The van der Waals surface area contributed by atoms with Crippen molar-refractivity contribution in [3.63, 3.8) is 0 Å². The van der Waals surface area contributed by atoms with Crippen molar-refractivity contribution in [2.24, 2.45) is 0 Å². The lowest BCUT2D eigenvalue weighted by Crippen LogP contribution is -2.27. The first kappa shape index (κ1) is 15.9. The lowest BCUT2D eigenvalue weighted by molar-refractivity contribution is 0.0597. The predicted octanol–water partition coefficient (Wildman–Crippen LogP) is 0.626. The number of nitrogens with zero attached hydrogens (tertiary/aromatic N) is 2. The number of carbonyl (C=O) groups is 1. The van der Waals surface area contributed by atoms with Gasteiger partial charge in [0.2, 0.25) is 10.0 Å². The number of hydrogen-bond acceptors (Lipinski definition) is 6. The molecule has 8 heteroatoms. The van der Waals surface area contributed by atoms with Crippen molar-refractivity contribution in [1.82, 2.24) is 4.31 Å². The van der Waals surface area contributed by atoms with Gasteiger partial charge < -0.3 is 9.47 Å². The van der Waals surface area contributed by atoms with Gasteiger partial charge in [0.25, 0.3) is 0 Å². The van der Waals surface area contributed by atoms with E-state index in [0.717, 1.165) is 4.31 Å². The molecule has 1 aromatic carbocycles. The number of methoxy groups -OCH3 is 2. The van der Waals surface area contributed by atoms with Crippen LogP contribution in [0.5, 0.6) is 5.75 Å². The maximum Gasteiger partial charge on any atom is 0.341 e. The van der Waals surface area contributed by atoms with Gasteiger partial charge >= 0.3 is 5.97 Å². The fraction of sp³-hybridized carbons (Fsp3) is 0.333. The summed E-state index contributed by atoms with van der Waals surface area (Å²) >= 11 is 0. The Kier molecular flexibility index (Phi) is 5.07. The first-order valence-electron chi connectivity index (χ1n) is 5.48. The van der Waals surface area contributed by atoms with Crippen LogP contribution in [0.1, 0.15) is 10.4 Å². The molecule has 0 amide bonds. The van der Waals surface area contributed by atoms with E-state index < -0.39 is 16.0 Å². The molecule has 108 valence electrons. The summed E-state index contributed by atoms with van der Waals surface area (Å²) in [5.74, 6) is -0.542. The van der Waals surface area contributed by atoms with Crippen LogP contribution in [0, 0.1) is 11.3 Å². The van der Waals surface area contributed by atoms with Crippen molar-refractivity contribution in [1.29, 1.82) is 5.26 Å². The molecule has 7 nitrogen and oxygen atoms in total. The molecule has 0 aliphatic carbocycles. The number of esters is 1. The van der Waals surface area contributed by atoms with Crippen molar-refractivity contribution >= 4 is 16.0 Å². The molecule has 0 radical (unpaired) electrons. The SMILES string of the molecule is COC(=O)c1ccc(S(=O)(=O)N(C)CC#N)cc1OC. The minimum Gasteiger partial charge on any atom is -0.496 e. The van der Waals surface area contributed by atoms with Gasteiger partial charge in [0.15, 0.2) is 0 Å². The van der Waals surface area contributed by atoms with Crippen LogP contribution in [0.3, 0.4) is 0 Å². The monoisotopic (exact) mass is 298 g/mol. The van der Waals surface area contributed by atoms with E-state index in [-0.39, 0.29) is 22.8 Å². The number of ether oxygens (including phenoxy) is 2. The molecule has 0 spiro atoms. The van der Waals surface area contributed by atoms with Gasteiger partial charge in [-0.1, -0.05) is 0 Å². The first-order chi connectivity index (χ1) is 9.38. The molecule has 0 aliphatic rings. The molecule has 0 bridgehead atoms. The summed E-state index contributed by atoms with van der Waals surface area (Å²) in [6.45, 7) is -0.274. The fourth-order valence-corrected chi connectivity index (χ4v) is 2.56. The Balaban J connectivity index is 3.30. The zero-order valence-electron chi connectivity index (χ0n) is 11.3. The summed E-state index contributed by atoms with van der Waals surface area (Å²) in [5.41, 5.74) is 0.122. The topological polar surface area (TPSA) is 96.7 Å².